The van der Waals surface area contributed by atoms with Gasteiger partial charge in [-0.25, -0.2) is 4.79 Å². The number of aromatic carboxylic acids is 1. The highest BCUT2D eigenvalue weighted by Crippen LogP contribution is 2.33. The fourth-order valence-electron chi connectivity index (χ4n) is 3.25. The minimum absolute atomic E-state index is 0.0548. The van der Waals surface area contributed by atoms with Gasteiger partial charge in [-0.2, -0.15) is 0 Å². The third-order valence-corrected chi connectivity index (χ3v) is 5.51. The van der Waals surface area contributed by atoms with Crippen molar-refractivity contribution in [3.63, 3.8) is 0 Å². The molecule has 2 aromatic rings. The molecule has 0 spiro atoms. The monoisotopic (exact) mass is 329 g/mol. The molecule has 0 saturated carbocycles. The Balaban J connectivity index is 1.69. The van der Waals surface area contributed by atoms with E-state index in [1.54, 1.807) is 6.07 Å². The Labute approximate surface area is 139 Å². The van der Waals surface area contributed by atoms with Crippen LogP contribution in [0.3, 0.4) is 0 Å². The van der Waals surface area contributed by atoms with Gasteiger partial charge in [0.05, 0.1) is 4.88 Å². The van der Waals surface area contributed by atoms with Crippen molar-refractivity contribution in [3.05, 3.63) is 57.8 Å². The smallest absolute Gasteiger partial charge is 0.345 e. The predicted octanol–water partition coefficient (Wildman–Crippen LogP) is 3.71. The summed E-state index contributed by atoms with van der Waals surface area (Å²) in [7, 11) is 0. The standard InChI is InChI=1S/C18H19NO3S/c1-12-11-19(10-9-14(12)13-5-3-2-4-6-13)17(20)15-7-8-16(23-15)18(21)22/h2-8,12,14H,9-11H2,1H3,(H,21,22). The van der Waals surface area contributed by atoms with E-state index in [-0.39, 0.29) is 10.8 Å². The van der Waals surface area contributed by atoms with Crippen LogP contribution < -0.4 is 0 Å². The Morgan fingerprint density at radius 1 is 1.13 bits per heavy atom. The Kier molecular flexibility index (Phi) is 4.48. The topological polar surface area (TPSA) is 57.6 Å². The van der Waals surface area contributed by atoms with Gasteiger partial charge in [0.25, 0.3) is 5.91 Å². The number of piperidine rings is 1. The van der Waals surface area contributed by atoms with E-state index in [2.05, 4.69) is 31.2 Å². The molecule has 120 valence electrons. The fourth-order valence-corrected chi connectivity index (χ4v) is 4.06. The van der Waals surface area contributed by atoms with E-state index in [9.17, 15) is 9.59 Å². The Morgan fingerprint density at radius 2 is 1.83 bits per heavy atom. The first-order chi connectivity index (χ1) is 11.1. The van der Waals surface area contributed by atoms with Gasteiger partial charge >= 0.3 is 5.97 Å². The van der Waals surface area contributed by atoms with Crippen LogP contribution in [-0.2, 0) is 0 Å². The summed E-state index contributed by atoms with van der Waals surface area (Å²) in [6.07, 6.45) is 0.939. The zero-order valence-corrected chi connectivity index (χ0v) is 13.8. The lowest BCUT2D eigenvalue weighted by Gasteiger charge is -2.37. The SMILES string of the molecule is CC1CN(C(=O)c2ccc(C(=O)O)s2)CCC1c1ccccc1. The van der Waals surface area contributed by atoms with Crippen LogP contribution in [0.1, 0.15) is 44.2 Å². The largest absolute Gasteiger partial charge is 0.477 e. The molecule has 1 aliphatic rings. The Bertz CT molecular complexity index is 710. The summed E-state index contributed by atoms with van der Waals surface area (Å²) in [6, 6.07) is 13.5. The van der Waals surface area contributed by atoms with Crippen molar-refractivity contribution in [1.82, 2.24) is 4.90 Å². The lowest BCUT2D eigenvalue weighted by Crippen LogP contribution is -2.41. The maximum Gasteiger partial charge on any atom is 0.345 e. The second-order valence-corrected chi connectivity index (χ2v) is 7.09. The lowest BCUT2D eigenvalue weighted by atomic mass is 9.81. The number of carbonyl (C=O) groups is 2. The number of nitrogens with zero attached hydrogens (tertiary/aromatic N) is 1. The fraction of sp³-hybridized carbons (Fsp3) is 0.333. The summed E-state index contributed by atoms with van der Waals surface area (Å²) in [6.45, 7) is 3.59. The zero-order valence-electron chi connectivity index (χ0n) is 12.9. The van der Waals surface area contributed by atoms with Crippen LogP contribution >= 0.6 is 11.3 Å². The minimum atomic E-state index is -0.981. The van der Waals surface area contributed by atoms with Gasteiger partial charge in [0.2, 0.25) is 0 Å². The molecule has 23 heavy (non-hydrogen) atoms. The number of carboxylic acid groups (broad SMARTS) is 1. The Morgan fingerprint density at radius 3 is 2.43 bits per heavy atom. The van der Waals surface area contributed by atoms with Gasteiger partial charge in [0.1, 0.15) is 4.88 Å². The summed E-state index contributed by atoms with van der Waals surface area (Å²) in [5.41, 5.74) is 1.33. The average molecular weight is 329 g/mol. The molecular weight excluding hydrogens is 310 g/mol. The van der Waals surface area contributed by atoms with Crippen molar-refractivity contribution in [2.45, 2.75) is 19.3 Å². The van der Waals surface area contributed by atoms with E-state index in [4.69, 9.17) is 5.11 Å². The molecule has 0 bridgehead atoms. The zero-order chi connectivity index (χ0) is 16.4. The highest BCUT2D eigenvalue weighted by Gasteiger charge is 2.30. The van der Waals surface area contributed by atoms with Crippen LogP contribution in [-0.4, -0.2) is 35.0 Å². The number of amides is 1. The molecule has 1 aromatic heterocycles. The average Bonchev–Trinajstić information content (AvgIpc) is 3.05. The molecule has 1 aromatic carbocycles. The molecule has 1 fully saturated rings. The third kappa shape index (κ3) is 3.29. The van der Waals surface area contributed by atoms with E-state index in [1.807, 2.05) is 11.0 Å². The first kappa shape index (κ1) is 15.7. The first-order valence-electron chi connectivity index (χ1n) is 7.73. The quantitative estimate of drug-likeness (QED) is 0.934. The number of thiophene rings is 1. The van der Waals surface area contributed by atoms with Crippen LogP contribution in [0.2, 0.25) is 0 Å². The van der Waals surface area contributed by atoms with Crippen LogP contribution in [0.5, 0.6) is 0 Å². The van der Waals surface area contributed by atoms with Gasteiger partial charge in [0, 0.05) is 13.1 Å². The summed E-state index contributed by atoms with van der Waals surface area (Å²) >= 11 is 1.05. The molecule has 1 aliphatic heterocycles. The number of hydrogen-bond donors (Lipinski definition) is 1. The summed E-state index contributed by atoms with van der Waals surface area (Å²) < 4.78 is 0. The normalized spacial score (nSPS) is 21.2. The van der Waals surface area contributed by atoms with Gasteiger partial charge in [-0.15, -0.1) is 11.3 Å². The van der Waals surface area contributed by atoms with Crippen molar-refractivity contribution in [3.8, 4) is 0 Å². The maximum absolute atomic E-state index is 12.6. The third-order valence-electron chi connectivity index (χ3n) is 4.45. The molecule has 1 N–H and O–H groups in total. The van der Waals surface area contributed by atoms with Gasteiger partial charge in [-0.3, -0.25) is 4.79 Å². The van der Waals surface area contributed by atoms with Crippen LogP contribution in [0.25, 0.3) is 0 Å². The highest BCUT2D eigenvalue weighted by atomic mass is 32.1. The number of benzene rings is 1. The van der Waals surface area contributed by atoms with Crippen LogP contribution in [0.15, 0.2) is 42.5 Å². The van der Waals surface area contributed by atoms with E-state index < -0.39 is 5.97 Å². The van der Waals surface area contributed by atoms with Crippen molar-refractivity contribution in [2.24, 2.45) is 5.92 Å². The van der Waals surface area contributed by atoms with E-state index >= 15 is 0 Å². The predicted molar refractivity (Wildman–Crippen MR) is 90.1 cm³/mol. The molecule has 2 heterocycles. The highest BCUT2D eigenvalue weighted by molar-refractivity contribution is 7.15. The maximum atomic E-state index is 12.6. The minimum Gasteiger partial charge on any atom is -0.477 e. The number of hydrogen-bond acceptors (Lipinski definition) is 3. The molecule has 3 rings (SSSR count). The van der Waals surface area contributed by atoms with Gasteiger partial charge in [0.15, 0.2) is 0 Å². The summed E-state index contributed by atoms with van der Waals surface area (Å²) in [4.78, 5) is 26.1. The van der Waals surface area contributed by atoms with Crippen molar-refractivity contribution in [1.29, 1.82) is 0 Å². The number of rotatable bonds is 3. The van der Waals surface area contributed by atoms with Gasteiger partial charge < -0.3 is 10.0 Å². The number of carboxylic acids is 1. The molecule has 2 atom stereocenters. The van der Waals surface area contributed by atoms with Gasteiger partial charge in [-0.1, -0.05) is 37.3 Å². The molecule has 1 saturated heterocycles. The number of likely N-dealkylation sites (tertiary alicyclic amines) is 1. The molecule has 0 radical (unpaired) electrons. The Hall–Kier alpha value is -2.14. The lowest BCUT2D eigenvalue weighted by molar-refractivity contribution is 0.0664. The molecule has 0 aliphatic carbocycles. The van der Waals surface area contributed by atoms with Crippen molar-refractivity contribution >= 4 is 23.2 Å². The molecule has 1 amide bonds. The molecule has 5 heteroatoms. The van der Waals surface area contributed by atoms with Crippen LogP contribution in [0, 0.1) is 5.92 Å². The van der Waals surface area contributed by atoms with E-state index in [0.29, 0.717) is 29.8 Å². The van der Waals surface area contributed by atoms with Crippen molar-refractivity contribution < 1.29 is 14.7 Å². The molecule has 4 nitrogen and oxygen atoms in total. The second-order valence-electron chi connectivity index (χ2n) is 6.00. The van der Waals surface area contributed by atoms with Crippen LogP contribution in [0.4, 0.5) is 0 Å². The molecule has 2 unspecified atom stereocenters. The number of carbonyl (C=O) groups excluding carboxylic acids is 1. The van der Waals surface area contributed by atoms with E-state index in [1.165, 1.54) is 11.6 Å². The summed E-state index contributed by atoms with van der Waals surface area (Å²) in [5.74, 6) is -0.182. The second kappa shape index (κ2) is 6.54. The van der Waals surface area contributed by atoms with E-state index in [0.717, 1.165) is 17.8 Å². The van der Waals surface area contributed by atoms with Crippen molar-refractivity contribution in [2.75, 3.05) is 13.1 Å². The first-order valence-corrected chi connectivity index (χ1v) is 8.55. The van der Waals surface area contributed by atoms with Gasteiger partial charge in [-0.05, 0) is 36.0 Å². The molecular formula is C18H19NO3S. The summed E-state index contributed by atoms with van der Waals surface area (Å²) in [5, 5.41) is 8.98.